The van der Waals surface area contributed by atoms with E-state index in [9.17, 15) is 4.79 Å². The molecule has 0 rings (SSSR count). The Morgan fingerprint density at radius 1 is 1.41 bits per heavy atom. The van der Waals surface area contributed by atoms with Crippen molar-refractivity contribution in [3.63, 3.8) is 0 Å². The zero-order valence-corrected chi connectivity index (χ0v) is 11.5. The first-order valence-corrected chi connectivity index (χ1v) is 6.24. The topological polar surface area (TPSA) is 67.1 Å². The first kappa shape index (κ1) is 16.1. The van der Waals surface area contributed by atoms with Gasteiger partial charge in [0.05, 0.1) is 0 Å². The second-order valence-electron chi connectivity index (χ2n) is 5.25. The second kappa shape index (κ2) is 8.25. The summed E-state index contributed by atoms with van der Waals surface area (Å²) in [6, 6.07) is 0.0580. The number of carbonyl (C=O) groups excluding carboxylic acids is 1. The van der Waals surface area contributed by atoms with E-state index in [1.807, 2.05) is 33.8 Å². The predicted molar refractivity (Wildman–Crippen MR) is 72.8 cm³/mol. The van der Waals surface area contributed by atoms with E-state index in [-0.39, 0.29) is 17.5 Å². The lowest BCUT2D eigenvalue weighted by atomic mass is 10.1. The molecule has 0 aliphatic heterocycles. The van der Waals surface area contributed by atoms with Gasteiger partial charge in [-0.3, -0.25) is 4.79 Å². The number of hydrogen-bond donors (Lipinski definition) is 3. The van der Waals surface area contributed by atoms with E-state index < -0.39 is 0 Å². The lowest BCUT2D eigenvalue weighted by Gasteiger charge is -2.23. The quantitative estimate of drug-likeness (QED) is 0.463. The minimum absolute atomic E-state index is 0.0477. The molecule has 0 aliphatic rings. The van der Waals surface area contributed by atoms with E-state index in [2.05, 4.69) is 16.7 Å². The maximum Gasteiger partial charge on any atom is 0.222 e. The molecule has 0 heterocycles. The van der Waals surface area contributed by atoms with E-state index in [4.69, 9.17) is 5.73 Å². The van der Waals surface area contributed by atoms with Crippen LogP contribution in [0.5, 0.6) is 0 Å². The molecule has 0 spiro atoms. The number of hydrogen-bond acceptors (Lipinski definition) is 3. The highest BCUT2D eigenvalue weighted by Gasteiger charge is 2.17. The van der Waals surface area contributed by atoms with E-state index >= 15 is 0 Å². The van der Waals surface area contributed by atoms with Gasteiger partial charge in [-0.1, -0.05) is 12.2 Å². The normalized spacial score (nSPS) is 13.9. The van der Waals surface area contributed by atoms with Crippen LogP contribution in [0.15, 0.2) is 12.2 Å². The van der Waals surface area contributed by atoms with Crippen LogP contribution < -0.4 is 16.4 Å². The van der Waals surface area contributed by atoms with E-state index in [0.717, 1.165) is 13.0 Å². The Morgan fingerprint density at radius 3 is 2.53 bits per heavy atom. The molecule has 0 saturated carbocycles. The number of nitrogens with one attached hydrogen (secondary N) is 2. The molecule has 4 N–H and O–H groups in total. The van der Waals surface area contributed by atoms with Crippen molar-refractivity contribution in [3.05, 3.63) is 12.2 Å². The van der Waals surface area contributed by atoms with Crippen LogP contribution in [0.3, 0.4) is 0 Å². The fourth-order valence-electron chi connectivity index (χ4n) is 1.47. The molecule has 0 radical (unpaired) electrons. The number of nitrogens with two attached hydrogens (primary N) is 1. The van der Waals surface area contributed by atoms with Crippen LogP contribution in [0.2, 0.25) is 0 Å². The Bertz CT molecular complexity index is 244. The number of rotatable bonds is 7. The first-order chi connectivity index (χ1) is 7.89. The predicted octanol–water partition coefficient (Wildman–Crippen LogP) is 1.17. The zero-order chi connectivity index (χ0) is 13.3. The Hall–Kier alpha value is -0.870. The number of carbonyl (C=O) groups is 1. The van der Waals surface area contributed by atoms with Crippen molar-refractivity contribution >= 4 is 5.91 Å². The van der Waals surface area contributed by atoms with Crippen molar-refractivity contribution in [1.29, 1.82) is 0 Å². The summed E-state index contributed by atoms with van der Waals surface area (Å²) >= 11 is 0. The summed E-state index contributed by atoms with van der Waals surface area (Å²) in [6.07, 6.45) is 5.51. The van der Waals surface area contributed by atoms with Crippen molar-refractivity contribution < 1.29 is 4.79 Å². The molecule has 100 valence electrons. The van der Waals surface area contributed by atoms with Gasteiger partial charge in [-0.25, -0.2) is 0 Å². The van der Waals surface area contributed by atoms with Crippen molar-refractivity contribution in [2.75, 3.05) is 13.1 Å². The van der Waals surface area contributed by atoms with Crippen molar-refractivity contribution in [1.82, 2.24) is 10.6 Å². The van der Waals surface area contributed by atoms with Gasteiger partial charge in [0, 0.05) is 24.5 Å². The van der Waals surface area contributed by atoms with Gasteiger partial charge >= 0.3 is 0 Å². The van der Waals surface area contributed by atoms with Crippen LogP contribution in [0.4, 0.5) is 0 Å². The molecular formula is C13H27N3O. The van der Waals surface area contributed by atoms with Crippen LogP contribution in [0.25, 0.3) is 0 Å². The van der Waals surface area contributed by atoms with Crippen molar-refractivity contribution in [3.8, 4) is 0 Å². The largest absolute Gasteiger partial charge is 0.351 e. The molecule has 0 bridgehead atoms. The minimum Gasteiger partial charge on any atom is -0.351 e. The van der Waals surface area contributed by atoms with E-state index in [1.165, 1.54) is 0 Å². The molecule has 0 fully saturated rings. The maximum absolute atomic E-state index is 11.7. The third-order valence-electron chi connectivity index (χ3n) is 2.21. The van der Waals surface area contributed by atoms with Gasteiger partial charge < -0.3 is 16.4 Å². The molecule has 0 aromatic carbocycles. The van der Waals surface area contributed by atoms with Crippen LogP contribution >= 0.6 is 0 Å². The second-order valence-corrected chi connectivity index (χ2v) is 5.25. The maximum atomic E-state index is 11.7. The third-order valence-corrected chi connectivity index (χ3v) is 2.21. The molecule has 17 heavy (non-hydrogen) atoms. The molecule has 1 amide bonds. The zero-order valence-electron chi connectivity index (χ0n) is 11.5. The Morgan fingerprint density at radius 2 is 2.06 bits per heavy atom. The van der Waals surface area contributed by atoms with Gasteiger partial charge in [0.2, 0.25) is 5.91 Å². The van der Waals surface area contributed by atoms with Crippen LogP contribution in [0, 0.1) is 0 Å². The van der Waals surface area contributed by atoms with Crippen molar-refractivity contribution in [2.45, 2.75) is 52.1 Å². The highest BCUT2D eigenvalue weighted by Crippen LogP contribution is 2.00. The SMILES string of the molecule is C/C=C/CCNC(CN)CC(=O)NC(C)(C)C. The molecule has 0 aliphatic carbocycles. The van der Waals surface area contributed by atoms with Gasteiger partial charge in [-0.2, -0.15) is 0 Å². The Kier molecular flexibility index (Phi) is 7.83. The minimum atomic E-state index is -0.179. The summed E-state index contributed by atoms with van der Waals surface area (Å²) in [5.41, 5.74) is 5.46. The molecule has 4 nitrogen and oxygen atoms in total. The average molecular weight is 241 g/mol. The molecule has 0 aromatic rings. The summed E-state index contributed by atoms with van der Waals surface area (Å²) in [4.78, 5) is 11.7. The van der Waals surface area contributed by atoms with Crippen molar-refractivity contribution in [2.24, 2.45) is 5.73 Å². The molecule has 1 atom stereocenters. The summed E-state index contributed by atoms with van der Waals surface area (Å²) < 4.78 is 0. The number of allylic oxidation sites excluding steroid dienone is 1. The fraction of sp³-hybridized carbons (Fsp3) is 0.769. The summed E-state index contributed by atoms with van der Waals surface area (Å²) in [5, 5.41) is 6.22. The van der Waals surface area contributed by atoms with Crippen LogP contribution in [0.1, 0.15) is 40.5 Å². The van der Waals surface area contributed by atoms with Gasteiger partial charge in [0.1, 0.15) is 0 Å². The van der Waals surface area contributed by atoms with Crippen LogP contribution in [-0.4, -0.2) is 30.6 Å². The van der Waals surface area contributed by atoms with Crippen LogP contribution in [-0.2, 0) is 4.79 Å². The molecular weight excluding hydrogens is 214 g/mol. The monoisotopic (exact) mass is 241 g/mol. The number of amides is 1. The highest BCUT2D eigenvalue weighted by molar-refractivity contribution is 5.77. The molecule has 0 aromatic heterocycles. The van der Waals surface area contributed by atoms with Gasteiger partial charge in [-0.15, -0.1) is 0 Å². The first-order valence-electron chi connectivity index (χ1n) is 6.24. The van der Waals surface area contributed by atoms with Gasteiger partial charge in [0.15, 0.2) is 0 Å². The molecule has 0 saturated heterocycles. The summed E-state index contributed by atoms with van der Waals surface area (Å²) in [7, 11) is 0. The average Bonchev–Trinajstić information content (AvgIpc) is 2.20. The van der Waals surface area contributed by atoms with E-state index in [0.29, 0.717) is 13.0 Å². The van der Waals surface area contributed by atoms with Gasteiger partial charge in [-0.05, 0) is 40.7 Å². The van der Waals surface area contributed by atoms with Gasteiger partial charge in [0.25, 0.3) is 0 Å². The standard InChI is InChI=1S/C13H27N3O/c1-5-6-7-8-15-11(10-14)9-12(17)16-13(2,3)4/h5-6,11,15H,7-10,14H2,1-4H3,(H,16,17)/b6-5+. The lowest BCUT2D eigenvalue weighted by Crippen LogP contribution is -2.46. The summed E-state index contributed by atoms with van der Waals surface area (Å²) in [6.45, 7) is 9.26. The summed E-state index contributed by atoms with van der Waals surface area (Å²) in [5.74, 6) is 0.0477. The Labute approximate surface area is 105 Å². The highest BCUT2D eigenvalue weighted by atomic mass is 16.1. The third kappa shape index (κ3) is 10.0. The fourth-order valence-corrected chi connectivity index (χ4v) is 1.47. The molecule has 4 heteroatoms. The smallest absolute Gasteiger partial charge is 0.222 e. The Balaban J connectivity index is 3.91. The lowest BCUT2D eigenvalue weighted by molar-refractivity contribution is -0.122. The van der Waals surface area contributed by atoms with E-state index in [1.54, 1.807) is 0 Å². The molecule has 1 unspecified atom stereocenters.